The fourth-order valence-corrected chi connectivity index (χ4v) is 4.25. The van der Waals surface area contributed by atoms with E-state index in [1.165, 1.54) is 5.56 Å². The molecule has 2 aromatic carbocycles. The zero-order valence-corrected chi connectivity index (χ0v) is 18.6. The second kappa shape index (κ2) is 10.3. The molecule has 0 unspecified atom stereocenters. The van der Waals surface area contributed by atoms with Gasteiger partial charge in [0.1, 0.15) is 5.82 Å². The Kier molecular flexibility index (Phi) is 7.53. The Balaban J connectivity index is 0.00000289. The number of likely N-dealkylation sites (tertiary alicyclic amines) is 1. The molecule has 0 atom stereocenters. The highest BCUT2D eigenvalue weighted by Gasteiger charge is 2.26. The zero-order valence-electron chi connectivity index (χ0n) is 17.8. The number of benzene rings is 2. The number of halogens is 1. The summed E-state index contributed by atoms with van der Waals surface area (Å²) < 4.78 is 0. The summed E-state index contributed by atoms with van der Waals surface area (Å²) in [5, 5.41) is 0. The van der Waals surface area contributed by atoms with E-state index in [1.807, 2.05) is 35.2 Å². The molecule has 1 aliphatic rings. The van der Waals surface area contributed by atoms with Gasteiger partial charge in [-0.3, -0.25) is 4.79 Å². The van der Waals surface area contributed by atoms with Crippen molar-refractivity contribution in [3.63, 3.8) is 0 Å². The molecule has 0 bridgehead atoms. The fourth-order valence-electron chi connectivity index (χ4n) is 4.25. The van der Waals surface area contributed by atoms with Gasteiger partial charge in [-0.25, -0.2) is 4.98 Å². The Hall–Kier alpha value is -3.33. The van der Waals surface area contributed by atoms with Gasteiger partial charge in [-0.1, -0.05) is 42.3 Å². The lowest BCUT2D eigenvalue weighted by molar-refractivity contribution is 0.0712. The van der Waals surface area contributed by atoms with Crippen molar-refractivity contribution >= 4 is 24.1 Å². The zero-order chi connectivity index (χ0) is 21.8. The Morgan fingerprint density at radius 1 is 1.12 bits per heavy atom. The number of anilines is 1. The van der Waals surface area contributed by atoms with Crippen LogP contribution in [0.1, 0.15) is 45.8 Å². The largest absolute Gasteiger partial charge is 0.384 e. The van der Waals surface area contributed by atoms with Crippen molar-refractivity contribution in [2.75, 3.05) is 18.8 Å². The molecule has 6 heteroatoms. The van der Waals surface area contributed by atoms with Crippen molar-refractivity contribution in [2.24, 2.45) is 5.73 Å². The molecule has 4 rings (SSSR count). The Morgan fingerprint density at radius 2 is 1.88 bits per heavy atom. The van der Waals surface area contributed by atoms with Crippen molar-refractivity contribution < 1.29 is 4.79 Å². The van der Waals surface area contributed by atoms with Crippen molar-refractivity contribution in [3.05, 3.63) is 83.0 Å². The van der Waals surface area contributed by atoms with Gasteiger partial charge in [-0.2, -0.15) is 0 Å². The van der Waals surface area contributed by atoms with Crippen LogP contribution in [0.25, 0.3) is 11.1 Å². The number of hydrogen-bond donors (Lipinski definition) is 2. The molecular weight excluding hydrogens is 420 g/mol. The number of carbonyl (C=O) groups excluding carboxylic acids is 1. The van der Waals surface area contributed by atoms with E-state index in [-0.39, 0.29) is 18.3 Å². The third-order valence-electron chi connectivity index (χ3n) is 5.98. The fraction of sp³-hybridized carbons (Fsp3) is 0.231. The summed E-state index contributed by atoms with van der Waals surface area (Å²) in [6.45, 7) is 1.95. The number of nitrogens with zero attached hydrogens (tertiary/aromatic N) is 2. The summed E-state index contributed by atoms with van der Waals surface area (Å²) >= 11 is 0. The Morgan fingerprint density at radius 3 is 2.53 bits per heavy atom. The van der Waals surface area contributed by atoms with E-state index in [2.05, 4.69) is 29.1 Å². The molecule has 32 heavy (non-hydrogen) atoms. The predicted molar refractivity (Wildman–Crippen MR) is 131 cm³/mol. The van der Waals surface area contributed by atoms with Crippen molar-refractivity contribution in [1.29, 1.82) is 0 Å². The van der Waals surface area contributed by atoms with E-state index in [1.54, 1.807) is 12.3 Å². The van der Waals surface area contributed by atoms with Gasteiger partial charge in [-0.05, 0) is 53.6 Å². The highest BCUT2D eigenvalue weighted by atomic mass is 35.5. The number of rotatable bonds is 4. The first-order valence-electron chi connectivity index (χ1n) is 10.5. The number of carbonyl (C=O) groups is 1. The summed E-state index contributed by atoms with van der Waals surface area (Å²) in [5.74, 6) is 3.59. The van der Waals surface area contributed by atoms with Crippen LogP contribution in [0.4, 0.5) is 5.82 Å². The topological polar surface area (TPSA) is 85.2 Å². The molecule has 164 valence electrons. The molecule has 4 N–H and O–H groups in total. The molecule has 1 aliphatic heterocycles. The quantitative estimate of drug-likeness (QED) is 0.588. The van der Waals surface area contributed by atoms with E-state index in [0.717, 1.165) is 29.5 Å². The third-order valence-corrected chi connectivity index (χ3v) is 5.98. The van der Waals surface area contributed by atoms with Gasteiger partial charge in [0.25, 0.3) is 5.91 Å². The molecule has 3 aromatic rings. The average molecular weight is 447 g/mol. The standard InChI is InChI=1S/C26H26N4O.ClH/c1-2-22-23(21-9-10-25(28)29-17-21)7-4-8-24(22)26(31)30-13-11-19(12-14-30)20-6-3-5-18(15-20)16-27;/h1,3-10,15,17,19H,11-14,16,27H2,(H2,28,29);1H. The van der Waals surface area contributed by atoms with Crippen LogP contribution >= 0.6 is 12.4 Å². The monoisotopic (exact) mass is 446 g/mol. The SMILES string of the molecule is C#Cc1c(C(=O)N2CCC(c3cccc(CN)c3)CC2)cccc1-c1ccc(N)nc1.Cl. The van der Waals surface area contributed by atoms with E-state index in [4.69, 9.17) is 17.9 Å². The van der Waals surface area contributed by atoms with Crippen LogP contribution in [0.15, 0.2) is 60.8 Å². The van der Waals surface area contributed by atoms with Gasteiger partial charge in [0.2, 0.25) is 0 Å². The molecule has 0 radical (unpaired) electrons. The lowest BCUT2D eigenvalue weighted by atomic mass is 9.88. The number of amides is 1. The number of aromatic nitrogens is 1. The molecule has 1 fully saturated rings. The lowest BCUT2D eigenvalue weighted by Crippen LogP contribution is -2.38. The van der Waals surface area contributed by atoms with Crippen LogP contribution in [0, 0.1) is 12.3 Å². The smallest absolute Gasteiger partial charge is 0.255 e. The average Bonchev–Trinajstić information content (AvgIpc) is 2.83. The Labute approximate surface area is 195 Å². The van der Waals surface area contributed by atoms with Crippen LogP contribution < -0.4 is 11.5 Å². The second-order valence-corrected chi connectivity index (χ2v) is 7.86. The van der Waals surface area contributed by atoms with Gasteiger partial charge >= 0.3 is 0 Å². The highest BCUT2D eigenvalue weighted by Crippen LogP contribution is 2.31. The number of pyridine rings is 1. The van der Waals surface area contributed by atoms with Crippen molar-refractivity contribution in [3.8, 4) is 23.5 Å². The maximum Gasteiger partial charge on any atom is 0.255 e. The van der Waals surface area contributed by atoms with Gasteiger partial charge in [0, 0.05) is 37.0 Å². The number of nitrogens with two attached hydrogens (primary N) is 2. The van der Waals surface area contributed by atoms with Gasteiger partial charge in [0.15, 0.2) is 0 Å². The van der Waals surface area contributed by atoms with E-state index in [0.29, 0.717) is 42.5 Å². The number of piperidine rings is 1. The first-order valence-corrected chi connectivity index (χ1v) is 10.5. The van der Waals surface area contributed by atoms with Crippen molar-refractivity contribution in [1.82, 2.24) is 9.88 Å². The molecule has 1 amide bonds. The maximum absolute atomic E-state index is 13.3. The number of terminal acetylenes is 1. The second-order valence-electron chi connectivity index (χ2n) is 7.86. The summed E-state index contributed by atoms with van der Waals surface area (Å²) in [4.78, 5) is 19.4. The lowest BCUT2D eigenvalue weighted by Gasteiger charge is -2.33. The minimum absolute atomic E-state index is 0. The summed E-state index contributed by atoms with van der Waals surface area (Å²) in [6.07, 6.45) is 9.36. The van der Waals surface area contributed by atoms with Crippen molar-refractivity contribution in [2.45, 2.75) is 25.3 Å². The summed E-state index contributed by atoms with van der Waals surface area (Å²) in [6, 6.07) is 17.6. The van der Waals surface area contributed by atoms with E-state index >= 15 is 0 Å². The summed E-state index contributed by atoms with van der Waals surface area (Å²) in [7, 11) is 0. The van der Waals surface area contributed by atoms with Crippen LogP contribution in [0.2, 0.25) is 0 Å². The molecule has 1 aromatic heterocycles. The molecule has 0 aliphatic carbocycles. The third kappa shape index (κ3) is 4.77. The number of nitrogen functional groups attached to an aromatic ring is 1. The van der Waals surface area contributed by atoms with E-state index < -0.39 is 0 Å². The molecule has 5 nitrogen and oxygen atoms in total. The normalized spacial score (nSPS) is 13.8. The minimum Gasteiger partial charge on any atom is -0.384 e. The van der Waals surface area contributed by atoms with Crippen LogP contribution in [-0.2, 0) is 6.54 Å². The first kappa shape index (κ1) is 23.3. The number of hydrogen-bond acceptors (Lipinski definition) is 4. The predicted octanol–water partition coefficient (Wildman–Crippen LogP) is 4.21. The Bertz CT molecular complexity index is 1130. The molecule has 2 heterocycles. The molecular formula is C26H27ClN4O. The van der Waals surface area contributed by atoms with Crippen LogP contribution in [0.5, 0.6) is 0 Å². The molecule has 1 saturated heterocycles. The first-order chi connectivity index (χ1) is 15.1. The van der Waals surface area contributed by atoms with E-state index in [9.17, 15) is 4.79 Å². The van der Waals surface area contributed by atoms with Crippen LogP contribution in [0.3, 0.4) is 0 Å². The highest BCUT2D eigenvalue weighted by molar-refractivity contribution is 5.99. The van der Waals surface area contributed by atoms with Gasteiger partial charge < -0.3 is 16.4 Å². The summed E-state index contributed by atoms with van der Waals surface area (Å²) in [5.41, 5.74) is 16.7. The van der Waals surface area contributed by atoms with Gasteiger partial charge in [0.05, 0.1) is 5.56 Å². The van der Waals surface area contributed by atoms with Crippen LogP contribution in [-0.4, -0.2) is 28.9 Å². The molecule has 0 spiro atoms. The minimum atomic E-state index is -0.0210. The van der Waals surface area contributed by atoms with Gasteiger partial charge in [-0.15, -0.1) is 18.8 Å². The molecule has 0 saturated carbocycles. The maximum atomic E-state index is 13.3.